The first-order valence-corrected chi connectivity index (χ1v) is 7.42. The van der Waals surface area contributed by atoms with Crippen LogP contribution in [0.5, 0.6) is 0 Å². The minimum atomic E-state index is -0.138. The van der Waals surface area contributed by atoms with Gasteiger partial charge >= 0.3 is 0 Å². The summed E-state index contributed by atoms with van der Waals surface area (Å²) in [6.45, 7) is 3.43. The highest BCUT2D eigenvalue weighted by atomic mass is 19.1. The SMILES string of the molecule is Fc1ccccc1CC1CN(Cc2ccccc2)CCO1. The summed E-state index contributed by atoms with van der Waals surface area (Å²) in [6, 6.07) is 17.4. The molecule has 1 fully saturated rings. The van der Waals surface area contributed by atoms with E-state index in [1.54, 1.807) is 6.07 Å². The third-order valence-electron chi connectivity index (χ3n) is 3.88. The maximum Gasteiger partial charge on any atom is 0.126 e. The Labute approximate surface area is 125 Å². The molecule has 0 saturated carbocycles. The summed E-state index contributed by atoms with van der Waals surface area (Å²) < 4.78 is 19.5. The molecule has 0 spiro atoms. The van der Waals surface area contributed by atoms with Crippen LogP contribution in [-0.4, -0.2) is 30.7 Å². The van der Waals surface area contributed by atoms with Crippen molar-refractivity contribution in [3.63, 3.8) is 0 Å². The Hall–Kier alpha value is -1.71. The van der Waals surface area contributed by atoms with Gasteiger partial charge in [-0.05, 0) is 17.2 Å². The van der Waals surface area contributed by atoms with Crippen LogP contribution in [-0.2, 0) is 17.7 Å². The first kappa shape index (κ1) is 14.2. The predicted octanol–water partition coefficient (Wildman–Crippen LogP) is 3.27. The van der Waals surface area contributed by atoms with Crippen molar-refractivity contribution in [3.05, 3.63) is 71.5 Å². The number of nitrogens with zero attached hydrogens (tertiary/aromatic N) is 1. The first-order chi connectivity index (χ1) is 10.3. The van der Waals surface area contributed by atoms with Crippen LogP contribution in [0.4, 0.5) is 4.39 Å². The van der Waals surface area contributed by atoms with Crippen LogP contribution in [0.2, 0.25) is 0 Å². The van der Waals surface area contributed by atoms with Crippen molar-refractivity contribution in [2.24, 2.45) is 0 Å². The Bertz CT molecular complexity index is 572. The number of hydrogen-bond donors (Lipinski definition) is 0. The van der Waals surface area contributed by atoms with Crippen LogP contribution in [0.15, 0.2) is 54.6 Å². The lowest BCUT2D eigenvalue weighted by Gasteiger charge is -2.33. The number of halogens is 1. The molecule has 3 heteroatoms. The van der Waals surface area contributed by atoms with E-state index in [9.17, 15) is 4.39 Å². The Kier molecular flexibility index (Phi) is 4.63. The summed E-state index contributed by atoms with van der Waals surface area (Å²) in [5.41, 5.74) is 2.05. The Balaban J connectivity index is 1.60. The molecule has 1 aliphatic rings. The van der Waals surface area contributed by atoms with Crippen molar-refractivity contribution in [1.82, 2.24) is 4.90 Å². The zero-order valence-electron chi connectivity index (χ0n) is 12.0. The van der Waals surface area contributed by atoms with Gasteiger partial charge in [-0.15, -0.1) is 0 Å². The van der Waals surface area contributed by atoms with Crippen molar-refractivity contribution < 1.29 is 9.13 Å². The van der Waals surface area contributed by atoms with Crippen LogP contribution in [0.1, 0.15) is 11.1 Å². The highest BCUT2D eigenvalue weighted by Gasteiger charge is 2.21. The van der Waals surface area contributed by atoms with Crippen LogP contribution in [0, 0.1) is 5.82 Å². The van der Waals surface area contributed by atoms with Gasteiger partial charge in [0, 0.05) is 26.1 Å². The fourth-order valence-electron chi connectivity index (χ4n) is 2.80. The second-order valence-corrected chi connectivity index (χ2v) is 5.51. The molecular weight excluding hydrogens is 265 g/mol. The summed E-state index contributed by atoms with van der Waals surface area (Å²) in [7, 11) is 0. The van der Waals surface area contributed by atoms with Gasteiger partial charge in [0.2, 0.25) is 0 Å². The van der Waals surface area contributed by atoms with Gasteiger partial charge in [-0.25, -0.2) is 4.39 Å². The third-order valence-corrected chi connectivity index (χ3v) is 3.88. The number of rotatable bonds is 4. The van der Waals surface area contributed by atoms with E-state index >= 15 is 0 Å². The van der Waals surface area contributed by atoms with Crippen molar-refractivity contribution in [2.75, 3.05) is 19.7 Å². The summed E-state index contributed by atoms with van der Waals surface area (Å²) >= 11 is 0. The average Bonchev–Trinajstić information content (AvgIpc) is 2.51. The number of hydrogen-bond acceptors (Lipinski definition) is 2. The third kappa shape index (κ3) is 3.90. The lowest BCUT2D eigenvalue weighted by molar-refractivity contribution is -0.0308. The van der Waals surface area contributed by atoms with Gasteiger partial charge in [0.25, 0.3) is 0 Å². The number of benzene rings is 2. The summed E-state index contributed by atoms with van der Waals surface area (Å²) in [5, 5.41) is 0. The highest BCUT2D eigenvalue weighted by molar-refractivity contribution is 5.18. The van der Waals surface area contributed by atoms with Gasteiger partial charge in [0.05, 0.1) is 12.7 Å². The normalized spacial score (nSPS) is 19.6. The molecule has 0 aliphatic carbocycles. The molecule has 110 valence electrons. The molecular formula is C18H20FNO. The quantitative estimate of drug-likeness (QED) is 0.855. The van der Waals surface area contributed by atoms with E-state index in [1.807, 2.05) is 18.2 Å². The van der Waals surface area contributed by atoms with E-state index in [1.165, 1.54) is 11.6 Å². The second-order valence-electron chi connectivity index (χ2n) is 5.51. The van der Waals surface area contributed by atoms with Crippen LogP contribution >= 0.6 is 0 Å². The van der Waals surface area contributed by atoms with Gasteiger partial charge in [-0.1, -0.05) is 48.5 Å². The lowest BCUT2D eigenvalue weighted by Crippen LogP contribution is -2.42. The molecule has 0 N–H and O–H groups in total. The molecule has 3 rings (SSSR count). The number of ether oxygens (including phenoxy) is 1. The van der Waals surface area contributed by atoms with Crippen LogP contribution < -0.4 is 0 Å². The van der Waals surface area contributed by atoms with E-state index in [-0.39, 0.29) is 11.9 Å². The van der Waals surface area contributed by atoms with E-state index in [4.69, 9.17) is 4.74 Å². The molecule has 2 aromatic carbocycles. The maximum atomic E-state index is 13.7. The van der Waals surface area contributed by atoms with Gasteiger partial charge in [-0.2, -0.15) is 0 Å². The fourth-order valence-corrected chi connectivity index (χ4v) is 2.80. The van der Waals surface area contributed by atoms with Crippen LogP contribution in [0.25, 0.3) is 0 Å². The van der Waals surface area contributed by atoms with E-state index in [2.05, 4.69) is 29.2 Å². The van der Waals surface area contributed by atoms with Crippen molar-refractivity contribution in [1.29, 1.82) is 0 Å². The average molecular weight is 285 g/mol. The molecule has 2 aromatic rings. The molecule has 0 radical (unpaired) electrons. The van der Waals surface area contributed by atoms with E-state index < -0.39 is 0 Å². The topological polar surface area (TPSA) is 12.5 Å². The summed E-state index contributed by atoms with van der Waals surface area (Å²) in [4.78, 5) is 2.38. The second kappa shape index (κ2) is 6.83. The molecule has 1 atom stereocenters. The first-order valence-electron chi connectivity index (χ1n) is 7.42. The summed E-state index contributed by atoms with van der Waals surface area (Å²) in [5.74, 6) is -0.138. The molecule has 0 aromatic heterocycles. The highest BCUT2D eigenvalue weighted by Crippen LogP contribution is 2.16. The molecule has 1 saturated heterocycles. The molecule has 1 unspecified atom stereocenters. The molecule has 21 heavy (non-hydrogen) atoms. The van der Waals surface area contributed by atoms with Crippen molar-refractivity contribution in [3.8, 4) is 0 Å². The minimum absolute atomic E-state index is 0.0689. The monoisotopic (exact) mass is 285 g/mol. The fraction of sp³-hybridized carbons (Fsp3) is 0.333. The molecule has 0 bridgehead atoms. The number of morpholine rings is 1. The van der Waals surface area contributed by atoms with Gasteiger partial charge in [0.1, 0.15) is 5.82 Å². The molecule has 1 heterocycles. The van der Waals surface area contributed by atoms with E-state index in [0.29, 0.717) is 13.0 Å². The van der Waals surface area contributed by atoms with Gasteiger partial charge in [0.15, 0.2) is 0 Å². The van der Waals surface area contributed by atoms with Gasteiger partial charge < -0.3 is 4.74 Å². The largest absolute Gasteiger partial charge is 0.375 e. The van der Waals surface area contributed by atoms with E-state index in [0.717, 1.165) is 25.2 Å². The Morgan fingerprint density at radius 1 is 1.05 bits per heavy atom. The molecule has 0 amide bonds. The molecule has 1 aliphatic heterocycles. The zero-order valence-corrected chi connectivity index (χ0v) is 12.0. The smallest absolute Gasteiger partial charge is 0.126 e. The molecule has 2 nitrogen and oxygen atoms in total. The lowest BCUT2D eigenvalue weighted by atomic mass is 10.1. The Morgan fingerprint density at radius 2 is 1.81 bits per heavy atom. The minimum Gasteiger partial charge on any atom is -0.375 e. The summed E-state index contributed by atoms with van der Waals surface area (Å²) in [6.07, 6.45) is 0.706. The van der Waals surface area contributed by atoms with Crippen molar-refractivity contribution >= 4 is 0 Å². The van der Waals surface area contributed by atoms with Gasteiger partial charge in [-0.3, -0.25) is 4.90 Å². The standard InChI is InChI=1S/C18H20FNO/c19-18-9-5-4-8-16(18)12-17-14-20(10-11-21-17)13-15-6-2-1-3-7-15/h1-9,17H,10-14H2. The Morgan fingerprint density at radius 3 is 2.62 bits per heavy atom. The van der Waals surface area contributed by atoms with Crippen LogP contribution in [0.3, 0.4) is 0 Å². The van der Waals surface area contributed by atoms with Crippen molar-refractivity contribution in [2.45, 2.75) is 19.1 Å². The zero-order chi connectivity index (χ0) is 14.5. The maximum absolute atomic E-state index is 13.7. The predicted molar refractivity (Wildman–Crippen MR) is 81.6 cm³/mol.